The molecule has 7 heteroatoms. The van der Waals surface area contributed by atoms with Crippen LogP contribution in [0.5, 0.6) is 0 Å². The molecule has 0 aliphatic heterocycles. The summed E-state index contributed by atoms with van der Waals surface area (Å²) in [6.07, 6.45) is 3.54. The molecule has 0 aliphatic carbocycles. The quantitative estimate of drug-likeness (QED) is 0.747. The van der Waals surface area contributed by atoms with Crippen LogP contribution in [-0.2, 0) is 4.79 Å². The third-order valence-corrected chi connectivity index (χ3v) is 2.58. The first-order valence-electron chi connectivity index (χ1n) is 5.27. The summed E-state index contributed by atoms with van der Waals surface area (Å²) in [5.41, 5.74) is 1.91. The summed E-state index contributed by atoms with van der Waals surface area (Å²) in [5.74, 6) is -0.0898. The fraction of sp³-hybridized carbons (Fsp3) is 0.273. The van der Waals surface area contributed by atoms with Crippen molar-refractivity contribution in [2.75, 3.05) is 11.9 Å². The van der Waals surface area contributed by atoms with Crippen LogP contribution in [0.4, 0.5) is 10.1 Å². The Morgan fingerprint density at radius 1 is 1.39 bits per heavy atom. The minimum atomic E-state index is -0.788. The second-order valence-electron chi connectivity index (χ2n) is 3.83. The lowest BCUT2D eigenvalue weighted by molar-refractivity contribution is -0.116. The number of aryl methyl sites for hydroxylation is 1. The minimum absolute atomic E-state index is 0.0898. The maximum atomic E-state index is 12.6. The van der Waals surface area contributed by atoms with Crippen LogP contribution in [0.15, 0.2) is 18.6 Å². The summed E-state index contributed by atoms with van der Waals surface area (Å²) in [5, 5.41) is 4.23. The molecule has 0 unspecified atom stereocenters. The molecule has 0 aromatic carbocycles. The van der Waals surface area contributed by atoms with Gasteiger partial charge in [0, 0.05) is 14.0 Å². The number of amides is 1. The van der Waals surface area contributed by atoms with Crippen molar-refractivity contribution < 1.29 is 9.18 Å². The minimum Gasteiger partial charge on any atom is -0.313 e. The summed E-state index contributed by atoms with van der Waals surface area (Å²) in [7, 11) is 1.66. The molecule has 0 radical (unpaired) electrons. The van der Waals surface area contributed by atoms with Crippen LogP contribution in [-0.4, -0.2) is 32.7 Å². The van der Waals surface area contributed by atoms with E-state index in [2.05, 4.69) is 15.1 Å². The van der Waals surface area contributed by atoms with E-state index in [0.717, 1.165) is 0 Å². The Morgan fingerprint density at radius 2 is 2.00 bits per heavy atom. The van der Waals surface area contributed by atoms with Crippen LogP contribution in [0.25, 0.3) is 5.69 Å². The molecule has 6 nitrogen and oxygen atoms in total. The molecule has 2 rings (SSSR count). The van der Waals surface area contributed by atoms with Gasteiger partial charge in [0.2, 0.25) is 5.91 Å². The molecule has 0 N–H and O–H groups in total. The molecule has 2 aromatic heterocycles. The Kier molecular flexibility index (Phi) is 3.05. The lowest BCUT2D eigenvalue weighted by Crippen LogP contribution is -2.22. The Morgan fingerprint density at radius 3 is 2.56 bits per heavy atom. The largest absolute Gasteiger partial charge is 0.313 e. The van der Waals surface area contributed by atoms with Crippen molar-refractivity contribution in [1.29, 1.82) is 0 Å². The number of aromatic nitrogens is 4. The molecule has 2 heterocycles. The number of nitrogens with zero attached hydrogens (tertiary/aromatic N) is 5. The van der Waals surface area contributed by atoms with Crippen LogP contribution in [0.1, 0.15) is 12.6 Å². The predicted octanol–water partition coefficient (Wildman–Crippen LogP) is 1.09. The maximum Gasteiger partial charge on any atom is 0.308 e. The first-order chi connectivity index (χ1) is 8.49. The van der Waals surface area contributed by atoms with Gasteiger partial charge in [0.05, 0.1) is 30.0 Å². The molecule has 0 spiro atoms. The van der Waals surface area contributed by atoms with Crippen LogP contribution in [0.2, 0.25) is 0 Å². The SMILES string of the molecule is CC(=O)N(C)c1cn(-c2cnc(F)nc2)nc1C. The molecule has 0 aliphatic rings. The van der Waals surface area contributed by atoms with E-state index in [4.69, 9.17) is 0 Å². The van der Waals surface area contributed by atoms with Crippen molar-refractivity contribution in [3.05, 3.63) is 30.4 Å². The summed E-state index contributed by atoms with van der Waals surface area (Å²) >= 11 is 0. The van der Waals surface area contributed by atoms with E-state index >= 15 is 0 Å². The molecular weight excluding hydrogens is 237 g/mol. The van der Waals surface area contributed by atoms with Crippen LogP contribution in [0.3, 0.4) is 0 Å². The van der Waals surface area contributed by atoms with Gasteiger partial charge in [-0.15, -0.1) is 0 Å². The Labute approximate surface area is 103 Å². The third kappa shape index (κ3) is 2.20. The van der Waals surface area contributed by atoms with E-state index in [9.17, 15) is 9.18 Å². The van der Waals surface area contributed by atoms with Crippen LogP contribution >= 0.6 is 0 Å². The number of hydrogen-bond acceptors (Lipinski definition) is 4. The Hall–Kier alpha value is -2.31. The van der Waals surface area contributed by atoms with Crippen molar-refractivity contribution in [2.45, 2.75) is 13.8 Å². The van der Waals surface area contributed by atoms with E-state index in [1.54, 1.807) is 20.2 Å². The van der Waals surface area contributed by atoms with Crippen LogP contribution in [0, 0.1) is 13.0 Å². The fourth-order valence-electron chi connectivity index (χ4n) is 1.51. The Balaban J connectivity index is 2.40. The highest BCUT2D eigenvalue weighted by Crippen LogP contribution is 2.19. The highest BCUT2D eigenvalue weighted by atomic mass is 19.1. The van der Waals surface area contributed by atoms with Gasteiger partial charge in [0.1, 0.15) is 5.69 Å². The smallest absolute Gasteiger partial charge is 0.308 e. The summed E-state index contributed by atoms with van der Waals surface area (Å²) < 4.78 is 14.1. The summed E-state index contributed by atoms with van der Waals surface area (Å²) in [6, 6.07) is 0. The zero-order valence-electron chi connectivity index (χ0n) is 10.3. The fourth-order valence-corrected chi connectivity index (χ4v) is 1.51. The Bertz CT molecular complexity index is 578. The van der Waals surface area contributed by atoms with Gasteiger partial charge < -0.3 is 4.90 Å². The molecule has 0 saturated heterocycles. The number of hydrogen-bond donors (Lipinski definition) is 0. The molecule has 0 fully saturated rings. The maximum absolute atomic E-state index is 12.6. The van der Waals surface area contributed by atoms with E-state index in [-0.39, 0.29) is 5.91 Å². The normalized spacial score (nSPS) is 10.4. The van der Waals surface area contributed by atoms with Gasteiger partial charge in [-0.3, -0.25) is 4.79 Å². The molecular formula is C11H12FN5O. The standard InChI is InChI=1S/C11H12FN5O/c1-7-10(16(3)8(2)18)6-17(15-7)9-4-13-11(12)14-5-9/h4-6H,1-3H3. The number of halogens is 1. The topological polar surface area (TPSA) is 63.9 Å². The molecule has 0 atom stereocenters. The van der Waals surface area contributed by atoms with E-state index in [1.807, 2.05) is 0 Å². The van der Waals surface area contributed by atoms with E-state index in [0.29, 0.717) is 17.1 Å². The van der Waals surface area contributed by atoms with Crippen molar-refractivity contribution in [2.24, 2.45) is 0 Å². The predicted molar refractivity (Wildman–Crippen MR) is 62.9 cm³/mol. The first kappa shape index (κ1) is 12.2. The van der Waals surface area contributed by atoms with Gasteiger partial charge in [-0.05, 0) is 6.92 Å². The van der Waals surface area contributed by atoms with E-state index in [1.165, 1.54) is 28.9 Å². The van der Waals surface area contributed by atoms with Crippen LogP contribution < -0.4 is 4.90 Å². The molecule has 94 valence electrons. The average molecular weight is 249 g/mol. The molecule has 18 heavy (non-hydrogen) atoms. The number of rotatable bonds is 2. The van der Waals surface area contributed by atoms with Gasteiger partial charge in [0.15, 0.2) is 0 Å². The first-order valence-corrected chi connectivity index (χ1v) is 5.27. The highest BCUT2D eigenvalue weighted by Gasteiger charge is 2.13. The lowest BCUT2D eigenvalue weighted by Gasteiger charge is -2.12. The summed E-state index contributed by atoms with van der Waals surface area (Å²) in [4.78, 5) is 19.7. The van der Waals surface area contributed by atoms with E-state index < -0.39 is 6.08 Å². The van der Waals surface area contributed by atoms with Crippen molar-refractivity contribution >= 4 is 11.6 Å². The van der Waals surface area contributed by atoms with Crippen molar-refractivity contribution in [3.63, 3.8) is 0 Å². The number of carbonyl (C=O) groups is 1. The number of anilines is 1. The molecule has 1 amide bonds. The highest BCUT2D eigenvalue weighted by molar-refractivity contribution is 5.91. The van der Waals surface area contributed by atoms with Crippen molar-refractivity contribution in [3.8, 4) is 5.69 Å². The van der Waals surface area contributed by atoms with Gasteiger partial charge in [-0.25, -0.2) is 14.6 Å². The zero-order chi connectivity index (χ0) is 13.3. The monoisotopic (exact) mass is 249 g/mol. The van der Waals surface area contributed by atoms with Gasteiger partial charge in [0.25, 0.3) is 0 Å². The zero-order valence-corrected chi connectivity index (χ0v) is 10.3. The lowest BCUT2D eigenvalue weighted by atomic mass is 10.3. The van der Waals surface area contributed by atoms with Gasteiger partial charge in [-0.2, -0.15) is 9.49 Å². The van der Waals surface area contributed by atoms with Gasteiger partial charge >= 0.3 is 6.08 Å². The number of carbonyl (C=O) groups excluding carboxylic acids is 1. The second-order valence-corrected chi connectivity index (χ2v) is 3.83. The third-order valence-electron chi connectivity index (χ3n) is 2.58. The molecule has 2 aromatic rings. The average Bonchev–Trinajstić information content (AvgIpc) is 2.71. The second kappa shape index (κ2) is 4.52. The molecule has 0 saturated carbocycles. The molecule has 0 bridgehead atoms. The van der Waals surface area contributed by atoms with Crippen molar-refractivity contribution in [1.82, 2.24) is 19.7 Å². The summed E-state index contributed by atoms with van der Waals surface area (Å²) in [6.45, 7) is 3.26. The van der Waals surface area contributed by atoms with Gasteiger partial charge in [-0.1, -0.05) is 0 Å².